The average molecular weight is 338 g/mol. The fourth-order valence-electron chi connectivity index (χ4n) is 3.05. The van der Waals surface area contributed by atoms with Gasteiger partial charge < -0.3 is 20.7 Å². The number of ether oxygens (including phenoxy) is 1. The van der Waals surface area contributed by atoms with E-state index in [0.717, 1.165) is 44.1 Å². The van der Waals surface area contributed by atoms with E-state index in [-0.39, 0.29) is 12.1 Å². The second-order valence-corrected chi connectivity index (χ2v) is 8.07. The number of hydrogen-bond acceptors (Lipinski definition) is 3. The summed E-state index contributed by atoms with van der Waals surface area (Å²) in [6.45, 7) is 6.65. The van der Waals surface area contributed by atoms with Crippen LogP contribution in [0, 0.1) is 5.92 Å². The zero-order valence-corrected chi connectivity index (χ0v) is 15.7. The summed E-state index contributed by atoms with van der Waals surface area (Å²) in [5.74, 6) is 1.84. The zero-order valence-electron chi connectivity index (χ0n) is 15.7. The van der Waals surface area contributed by atoms with Crippen LogP contribution in [0.4, 0.5) is 4.79 Å². The molecule has 1 amide bonds. The number of alkyl carbamates (subject to hydrolysis) is 1. The van der Waals surface area contributed by atoms with Gasteiger partial charge in [-0.25, -0.2) is 4.79 Å². The van der Waals surface area contributed by atoms with Gasteiger partial charge in [0.25, 0.3) is 0 Å². The topological polar surface area (TPSA) is 74.8 Å². The van der Waals surface area contributed by atoms with E-state index in [4.69, 9.17) is 4.74 Å². The monoisotopic (exact) mass is 338 g/mol. The molecule has 6 nitrogen and oxygen atoms in total. The van der Waals surface area contributed by atoms with E-state index < -0.39 is 5.60 Å². The van der Waals surface area contributed by atoms with Crippen LogP contribution in [0.1, 0.15) is 65.7 Å². The van der Waals surface area contributed by atoms with E-state index in [0.29, 0.717) is 6.04 Å². The van der Waals surface area contributed by atoms with Crippen LogP contribution >= 0.6 is 0 Å². The van der Waals surface area contributed by atoms with Gasteiger partial charge in [-0.1, -0.05) is 12.8 Å². The zero-order chi connectivity index (χ0) is 17.6. The molecule has 0 aromatic carbocycles. The Morgan fingerprint density at radius 2 is 1.62 bits per heavy atom. The summed E-state index contributed by atoms with van der Waals surface area (Å²) in [4.78, 5) is 16.1. The molecule has 0 atom stereocenters. The minimum Gasteiger partial charge on any atom is -0.444 e. The molecule has 2 rings (SSSR count). The van der Waals surface area contributed by atoms with Crippen molar-refractivity contribution >= 4 is 12.1 Å². The third-order valence-corrected chi connectivity index (χ3v) is 4.55. The molecule has 0 aromatic rings. The number of rotatable bonds is 5. The van der Waals surface area contributed by atoms with Crippen LogP contribution in [0.3, 0.4) is 0 Å². The van der Waals surface area contributed by atoms with E-state index in [1.807, 2.05) is 27.8 Å². The lowest BCUT2D eigenvalue weighted by atomic mass is 9.91. The molecule has 2 saturated carbocycles. The van der Waals surface area contributed by atoms with Crippen molar-refractivity contribution < 1.29 is 9.53 Å². The molecule has 2 aliphatic rings. The Kier molecular flexibility index (Phi) is 6.75. The van der Waals surface area contributed by atoms with Gasteiger partial charge in [-0.2, -0.15) is 0 Å². The second-order valence-electron chi connectivity index (χ2n) is 8.07. The molecular weight excluding hydrogens is 304 g/mol. The molecule has 138 valence electrons. The highest BCUT2D eigenvalue weighted by Gasteiger charge is 2.25. The summed E-state index contributed by atoms with van der Waals surface area (Å²) >= 11 is 0. The van der Waals surface area contributed by atoms with Crippen molar-refractivity contribution in [3.8, 4) is 0 Å². The smallest absolute Gasteiger partial charge is 0.407 e. The van der Waals surface area contributed by atoms with Crippen LogP contribution in [0.5, 0.6) is 0 Å². The first-order valence-electron chi connectivity index (χ1n) is 9.32. The van der Waals surface area contributed by atoms with Gasteiger partial charge in [0.1, 0.15) is 5.60 Å². The molecule has 2 aliphatic carbocycles. The normalized spacial score (nSPS) is 25.1. The van der Waals surface area contributed by atoms with E-state index in [2.05, 4.69) is 20.9 Å². The van der Waals surface area contributed by atoms with Crippen LogP contribution in [0.25, 0.3) is 0 Å². The van der Waals surface area contributed by atoms with Crippen LogP contribution in [0.15, 0.2) is 4.99 Å². The number of hydrogen-bond donors (Lipinski definition) is 3. The quantitative estimate of drug-likeness (QED) is 0.532. The van der Waals surface area contributed by atoms with Gasteiger partial charge in [-0.3, -0.25) is 4.99 Å². The predicted molar refractivity (Wildman–Crippen MR) is 97.3 cm³/mol. The molecule has 0 heterocycles. The maximum absolute atomic E-state index is 11.8. The first-order valence-corrected chi connectivity index (χ1v) is 9.32. The number of nitrogens with one attached hydrogen (secondary N) is 3. The van der Waals surface area contributed by atoms with Gasteiger partial charge in [0.15, 0.2) is 5.96 Å². The van der Waals surface area contributed by atoms with E-state index in [1.165, 1.54) is 19.3 Å². The Bertz CT molecular complexity index is 433. The van der Waals surface area contributed by atoms with Crippen molar-refractivity contribution in [3.63, 3.8) is 0 Å². The highest BCUT2D eigenvalue weighted by molar-refractivity contribution is 5.79. The lowest BCUT2D eigenvalue weighted by Gasteiger charge is -2.31. The lowest BCUT2D eigenvalue weighted by Crippen LogP contribution is -2.48. The molecule has 0 saturated heterocycles. The fourth-order valence-corrected chi connectivity index (χ4v) is 3.05. The molecule has 2 fully saturated rings. The van der Waals surface area contributed by atoms with Crippen molar-refractivity contribution in [1.29, 1.82) is 0 Å². The fraction of sp³-hybridized carbons (Fsp3) is 0.889. The number of carbonyl (C=O) groups is 1. The van der Waals surface area contributed by atoms with Crippen molar-refractivity contribution in [2.75, 3.05) is 13.6 Å². The predicted octanol–water partition coefficient (Wildman–Crippen LogP) is 2.79. The first-order chi connectivity index (χ1) is 11.4. The Morgan fingerprint density at radius 3 is 2.12 bits per heavy atom. The maximum Gasteiger partial charge on any atom is 0.407 e. The second kappa shape index (κ2) is 8.58. The van der Waals surface area contributed by atoms with Crippen LogP contribution < -0.4 is 16.0 Å². The summed E-state index contributed by atoms with van der Waals surface area (Å²) in [5.41, 5.74) is -0.443. The highest BCUT2D eigenvalue weighted by Crippen LogP contribution is 2.31. The van der Waals surface area contributed by atoms with Gasteiger partial charge in [-0.15, -0.1) is 0 Å². The van der Waals surface area contributed by atoms with Crippen molar-refractivity contribution in [2.45, 2.75) is 83.4 Å². The van der Waals surface area contributed by atoms with E-state index in [9.17, 15) is 4.79 Å². The van der Waals surface area contributed by atoms with Gasteiger partial charge in [-0.05, 0) is 58.8 Å². The molecule has 0 unspecified atom stereocenters. The molecule has 3 N–H and O–H groups in total. The molecule has 0 aromatic heterocycles. The van der Waals surface area contributed by atoms with E-state index in [1.54, 1.807) is 0 Å². The highest BCUT2D eigenvalue weighted by atomic mass is 16.6. The molecule has 0 spiro atoms. The average Bonchev–Trinajstić information content (AvgIpc) is 3.30. The Balaban J connectivity index is 1.63. The van der Waals surface area contributed by atoms with Gasteiger partial charge in [0, 0.05) is 25.7 Å². The van der Waals surface area contributed by atoms with Crippen LogP contribution in [0.2, 0.25) is 0 Å². The minimum atomic E-state index is -0.443. The summed E-state index contributed by atoms with van der Waals surface area (Å²) < 4.78 is 5.32. The van der Waals surface area contributed by atoms with Crippen LogP contribution in [-0.2, 0) is 4.74 Å². The first kappa shape index (κ1) is 18.9. The largest absolute Gasteiger partial charge is 0.444 e. The number of amides is 1. The molecular formula is C18H34N4O2. The number of guanidine groups is 1. The third kappa shape index (κ3) is 7.41. The summed E-state index contributed by atoms with van der Waals surface area (Å²) in [5, 5.41) is 9.90. The summed E-state index contributed by atoms with van der Waals surface area (Å²) in [7, 11) is 1.82. The third-order valence-electron chi connectivity index (χ3n) is 4.55. The molecule has 24 heavy (non-hydrogen) atoms. The Labute approximate surface area is 146 Å². The van der Waals surface area contributed by atoms with Gasteiger partial charge >= 0.3 is 6.09 Å². The minimum absolute atomic E-state index is 0.211. The van der Waals surface area contributed by atoms with E-state index >= 15 is 0 Å². The van der Waals surface area contributed by atoms with Crippen LogP contribution in [-0.4, -0.2) is 43.3 Å². The van der Waals surface area contributed by atoms with Crippen molar-refractivity contribution in [3.05, 3.63) is 0 Å². The standard InChI is InChI=1S/C18H34N4O2/c1-18(2,3)24-17(23)22-15-9-7-14(8-10-15)21-16(19-4)20-12-11-13-5-6-13/h13-15H,5-12H2,1-4H3,(H,22,23)(H2,19,20,21). The summed E-state index contributed by atoms with van der Waals surface area (Å²) in [6, 6.07) is 0.636. The van der Waals surface area contributed by atoms with Crippen molar-refractivity contribution in [1.82, 2.24) is 16.0 Å². The molecule has 6 heteroatoms. The number of nitrogens with zero attached hydrogens (tertiary/aromatic N) is 1. The van der Waals surface area contributed by atoms with Gasteiger partial charge in [0.05, 0.1) is 0 Å². The lowest BCUT2D eigenvalue weighted by molar-refractivity contribution is 0.0490. The molecule has 0 aliphatic heterocycles. The SMILES string of the molecule is CN=C(NCCC1CC1)NC1CCC(NC(=O)OC(C)(C)C)CC1. The number of carbonyl (C=O) groups excluding carboxylic acids is 1. The maximum atomic E-state index is 11.8. The van der Waals surface area contributed by atoms with Crippen molar-refractivity contribution in [2.24, 2.45) is 10.9 Å². The molecule has 0 radical (unpaired) electrons. The molecule has 0 bridgehead atoms. The van der Waals surface area contributed by atoms with Gasteiger partial charge in [0.2, 0.25) is 0 Å². The number of aliphatic imine (C=N–C) groups is 1. The Hall–Kier alpha value is -1.46. The summed E-state index contributed by atoms with van der Waals surface area (Å²) in [6.07, 6.45) is 7.72. The Morgan fingerprint density at radius 1 is 1.04 bits per heavy atom.